The number of nitrogens with zero attached hydrogens (tertiary/aromatic N) is 2. The minimum Gasteiger partial charge on any atom is -0.293 e. The monoisotopic (exact) mass is 249 g/mol. The molecule has 0 aliphatic rings. The van der Waals surface area contributed by atoms with E-state index in [-0.39, 0.29) is 16.6 Å². The van der Waals surface area contributed by atoms with Gasteiger partial charge in [-0.2, -0.15) is 12.7 Å². The zero-order valence-corrected chi connectivity index (χ0v) is 10.1. The molecule has 1 N–H and O–H groups in total. The molecule has 0 saturated heterocycles. The topological polar surface area (TPSA) is 79.4 Å². The largest absolute Gasteiger partial charge is 0.302 e. The van der Waals surface area contributed by atoms with Crippen LogP contribution in [0.3, 0.4) is 0 Å². The zero-order valence-electron chi connectivity index (χ0n) is 8.51. The molecule has 1 heterocycles. The van der Waals surface area contributed by atoms with Gasteiger partial charge in [-0.3, -0.25) is 4.79 Å². The molecular formula is C7H11N3O3S2. The van der Waals surface area contributed by atoms with Crippen molar-refractivity contribution in [3.63, 3.8) is 0 Å². The Hall–Kier alpha value is -0.990. The molecule has 1 aromatic rings. The summed E-state index contributed by atoms with van der Waals surface area (Å²) in [6, 6.07) is 0. The van der Waals surface area contributed by atoms with Gasteiger partial charge < -0.3 is 0 Å². The fourth-order valence-corrected chi connectivity index (χ4v) is 2.23. The molecule has 0 amide bonds. The van der Waals surface area contributed by atoms with E-state index in [1.54, 1.807) is 0 Å². The smallest absolute Gasteiger partial charge is 0.293 e. The summed E-state index contributed by atoms with van der Waals surface area (Å²) in [4.78, 5) is 14.7. The predicted molar refractivity (Wildman–Crippen MR) is 58.3 cm³/mol. The lowest BCUT2D eigenvalue weighted by Gasteiger charge is -2.10. The van der Waals surface area contributed by atoms with E-state index in [4.69, 9.17) is 0 Å². The highest BCUT2D eigenvalue weighted by Gasteiger charge is 2.15. The number of anilines is 1. The summed E-state index contributed by atoms with van der Waals surface area (Å²) in [6.07, 6.45) is 0. The van der Waals surface area contributed by atoms with Crippen LogP contribution in [0.1, 0.15) is 17.4 Å². The van der Waals surface area contributed by atoms with Crippen LogP contribution in [0.2, 0.25) is 0 Å². The maximum atomic E-state index is 11.4. The van der Waals surface area contributed by atoms with Gasteiger partial charge in [0, 0.05) is 26.4 Å². The van der Waals surface area contributed by atoms with Crippen molar-refractivity contribution in [1.29, 1.82) is 0 Å². The Bertz CT molecular complexity index is 464. The molecule has 8 heteroatoms. The van der Waals surface area contributed by atoms with Crippen molar-refractivity contribution in [3.05, 3.63) is 11.1 Å². The zero-order chi connectivity index (χ0) is 11.6. The molecule has 0 bridgehead atoms. The summed E-state index contributed by atoms with van der Waals surface area (Å²) >= 11 is 1.07. The first-order valence-electron chi connectivity index (χ1n) is 3.99. The molecule has 1 rings (SSSR count). The van der Waals surface area contributed by atoms with E-state index < -0.39 is 10.2 Å². The fraction of sp³-hybridized carbons (Fsp3) is 0.429. The van der Waals surface area contributed by atoms with E-state index in [0.29, 0.717) is 0 Å². The van der Waals surface area contributed by atoms with Crippen LogP contribution in [-0.4, -0.2) is 37.6 Å². The van der Waals surface area contributed by atoms with Crippen LogP contribution in [0.4, 0.5) is 5.13 Å². The second-order valence-corrected chi connectivity index (χ2v) is 5.73. The molecule has 15 heavy (non-hydrogen) atoms. The fourth-order valence-electron chi connectivity index (χ4n) is 0.684. The number of thiazole rings is 1. The van der Waals surface area contributed by atoms with Gasteiger partial charge in [-0.05, 0) is 0 Å². The first kappa shape index (κ1) is 12.1. The van der Waals surface area contributed by atoms with Crippen molar-refractivity contribution in [1.82, 2.24) is 9.29 Å². The Morgan fingerprint density at radius 2 is 2.13 bits per heavy atom. The van der Waals surface area contributed by atoms with Crippen LogP contribution in [0.25, 0.3) is 0 Å². The van der Waals surface area contributed by atoms with Crippen LogP contribution >= 0.6 is 11.3 Å². The van der Waals surface area contributed by atoms with Crippen LogP contribution in [0.15, 0.2) is 5.38 Å². The lowest BCUT2D eigenvalue weighted by molar-refractivity contribution is 0.101. The highest BCUT2D eigenvalue weighted by molar-refractivity contribution is 7.90. The minimum absolute atomic E-state index is 0.189. The quantitative estimate of drug-likeness (QED) is 0.791. The maximum Gasteiger partial charge on any atom is 0.302 e. The summed E-state index contributed by atoms with van der Waals surface area (Å²) < 4.78 is 26.0. The van der Waals surface area contributed by atoms with Gasteiger partial charge in [0.05, 0.1) is 0 Å². The SMILES string of the molecule is CC(=O)c1csc(NS(=O)(=O)N(C)C)n1. The summed E-state index contributed by atoms with van der Waals surface area (Å²) in [6.45, 7) is 1.37. The molecule has 0 aliphatic heterocycles. The minimum atomic E-state index is -3.54. The lowest BCUT2D eigenvalue weighted by Crippen LogP contribution is -2.28. The van der Waals surface area contributed by atoms with Crippen molar-refractivity contribution < 1.29 is 13.2 Å². The number of carbonyl (C=O) groups is 1. The average molecular weight is 249 g/mol. The molecule has 6 nitrogen and oxygen atoms in total. The van der Waals surface area contributed by atoms with Gasteiger partial charge in [0.2, 0.25) is 0 Å². The Labute approximate surface area is 92.1 Å². The third kappa shape index (κ3) is 2.98. The predicted octanol–water partition coefficient (Wildman–Crippen LogP) is 0.564. The van der Waals surface area contributed by atoms with E-state index >= 15 is 0 Å². The van der Waals surface area contributed by atoms with E-state index in [0.717, 1.165) is 15.6 Å². The molecule has 0 radical (unpaired) electrons. The second kappa shape index (κ2) is 4.25. The molecular weight excluding hydrogens is 238 g/mol. The molecule has 0 atom stereocenters. The van der Waals surface area contributed by atoms with Crippen LogP contribution in [0.5, 0.6) is 0 Å². The molecule has 0 aliphatic carbocycles. The summed E-state index contributed by atoms with van der Waals surface area (Å²) in [7, 11) is -0.734. The molecule has 0 fully saturated rings. The van der Waals surface area contributed by atoms with Crippen LogP contribution in [-0.2, 0) is 10.2 Å². The molecule has 1 aromatic heterocycles. The molecule has 0 unspecified atom stereocenters. The van der Waals surface area contributed by atoms with Gasteiger partial charge in [-0.25, -0.2) is 9.71 Å². The number of nitrogens with one attached hydrogen (secondary N) is 1. The number of aromatic nitrogens is 1. The van der Waals surface area contributed by atoms with Gasteiger partial charge in [0.15, 0.2) is 10.9 Å². The Morgan fingerprint density at radius 3 is 2.53 bits per heavy atom. The number of carbonyl (C=O) groups excluding carboxylic acids is 1. The van der Waals surface area contributed by atoms with Gasteiger partial charge in [0.25, 0.3) is 0 Å². The first-order valence-corrected chi connectivity index (χ1v) is 6.31. The number of ketones is 1. The van der Waals surface area contributed by atoms with E-state index in [1.807, 2.05) is 0 Å². The summed E-state index contributed by atoms with van der Waals surface area (Å²) in [5, 5.41) is 1.70. The van der Waals surface area contributed by atoms with Crippen molar-refractivity contribution >= 4 is 32.5 Å². The average Bonchev–Trinajstić information content (AvgIpc) is 2.51. The van der Waals surface area contributed by atoms with Crippen LogP contribution in [0, 0.1) is 0 Å². The highest BCUT2D eigenvalue weighted by Crippen LogP contribution is 2.17. The normalized spacial score (nSPS) is 11.7. The number of hydrogen-bond acceptors (Lipinski definition) is 5. The van der Waals surface area contributed by atoms with Crippen molar-refractivity contribution in [2.24, 2.45) is 0 Å². The van der Waals surface area contributed by atoms with E-state index in [9.17, 15) is 13.2 Å². The third-order valence-electron chi connectivity index (χ3n) is 1.56. The van der Waals surface area contributed by atoms with Gasteiger partial charge in [-0.1, -0.05) is 0 Å². The van der Waals surface area contributed by atoms with Crippen molar-refractivity contribution in [2.45, 2.75) is 6.92 Å². The number of Topliss-reactive ketones (excluding diaryl/α,β-unsaturated/α-hetero) is 1. The second-order valence-electron chi connectivity index (χ2n) is 2.98. The summed E-state index contributed by atoms with van der Waals surface area (Å²) in [5.74, 6) is -0.193. The van der Waals surface area contributed by atoms with Crippen molar-refractivity contribution in [3.8, 4) is 0 Å². The van der Waals surface area contributed by atoms with Gasteiger partial charge in [-0.15, -0.1) is 11.3 Å². The van der Waals surface area contributed by atoms with Crippen molar-refractivity contribution in [2.75, 3.05) is 18.8 Å². The van der Waals surface area contributed by atoms with E-state index in [2.05, 4.69) is 9.71 Å². The Kier molecular flexibility index (Phi) is 3.42. The lowest BCUT2D eigenvalue weighted by atomic mass is 10.4. The van der Waals surface area contributed by atoms with E-state index in [1.165, 1.54) is 26.4 Å². The Balaban J connectivity index is 2.87. The molecule has 0 spiro atoms. The maximum absolute atomic E-state index is 11.4. The molecule has 0 aromatic carbocycles. The van der Waals surface area contributed by atoms with Gasteiger partial charge >= 0.3 is 10.2 Å². The number of hydrogen-bond donors (Lipinski definition) is 1. The standard InChI is InChI=1S/C7H11N3O3S2/c1-5(11)6-4-14-7(8-6)9-15(12,13)10(2)3/h4H,1-3H3,(H,8,9). The third-order valence-corrected chi connectivity index (χ3v) is 3.86. The Morgan fingerprint density at radius 1 is 1.53 bits per heavy atom. The molecule has 0 saturated carbocycles. The highest BCUT2D eigenvalue weighted by atomic mass is 32.2. The van der Waals surface area contributed by atoms with Gasteiger partial charge in [0.1, 0.15) is 5.69 Å². The van der Waals surface area contributed by atoms with Crippen LogP contribution < -0.4 is 4.72 Å². The number of rotatable bonds is 4. The summed E-state index contributed by atoms with van der Waals surface area (Å²) in [5.41, 5.74) is 0.261. The first-order chi connectivity index (χ1) is 6.83. The molecule has 84 valence electrons.